The van der Waals surface area contributed by atoms with E-state index in [0.717, 1.165) is 23.7 Å². The van der Waals surface area contributed by atoms with Gasteiger partial charge in [0.1, 0.15) is 17.5 Å². The van der Waals surface area contributed by atoms with E-state index in [0.29, 0.717) is 18.2 Å². The number of hydrogen-bond donors (Lipinski definition) is 1. The zero-order valence-corrected chi connectivity index (χ0v) is 16.0. The SMILES string of the molecule is CC1(C)C[C@@H](NC(=O)c2coc(COc3cccc4cccnc34)n2)CCO1. The maximum atomic E-state index is 12.5. The van der Waals surface area contributed by atoms with Gasteiger partial charge in [-0.15, -0.1) is 0 Å². The van der Waals surface area contributed by atoms with Crippen LogP contribution in [0.2, 0.25) is 0 Å². The van der Waals surface area contributed by atoms with Crippen molar-refractivity contribution in [1.82, 2.24) is 15.3 Å². The number of aromatic nitrogens is 2. The van der Waals surface area contributed by atoms with Gasteiger partial charge in [-0.25, -0.2) is 4.98 Å². The number of nitrogens with one attached hydrogen (secondary N) is 1. The lowest BCUT2D eigenvalue weighted by atomic mass is 9.94. The van der Waals surface area contributed by atoms with Gasteiger partial charge < -0.3 is 19.2 Å². The van der Waals surface area contributed by atoms with Gasteiger partial charge in [0.15, 0.2) is 12.3 Å². The van der Waals surface area contributed by atoms with Crippen molar-refractivity contribution in [3.05, 3.63) is 54.4 Å². The minimum absolute atomic E-state index is 0.0643. The fraction of sp³-hybridized carbons (Fsp3) is 0.381. The van der Waals surface area contributed by atoms with Gasteiger partial charge in [0.25, 0.3) is 5.91 Å². The molecule has 0 saturated carbocycles. The highest BCUT2D eigenvalue weighted by atomic mass is 16.5. The molecule has 0 aliphatic carbocycles. The highest BCUT2D eigenvalue weighted by molar-refractivity contribution is 5.92. The fourth-order valence-electron chi connectivity index (χ4n) is 3.43. The van der Waals surface area contributed by atoms with Crippen molar-refractivity contribution >= 4 is 16.8 Å². The molecule has 4 rings (SSSR count). The average molecular weight is 381 g/mol. The van der Waals surface area contributed by atoms with Gasteiger partial charge in [-0.2, -0.15) is 0 Å². The number of ether oxygens (including phenoxy) is 2. The van der Waals surface area contributed by atoms with Gasteiger partial charge in [0.2, 0.25) is 5.89 Å². The Kier molecular flexibility index (Phi) is 5.00. The van der Waals surface area contributed by atoms with Crippen LogP contribution in [0.1, 0.15) is 43.1 Å². The quantitative estimate of drug-likeness (QED) is 0.728. The van der Waals surface area contributed by atoms with Crippen molar-refractivity contribution in [2.75, 3.05) is 6.61 Å². The van der Waals surface area contributed by atoms with E-state index in [2.05, 4.69) is 15.3 Å². The summed E-state index contributed by atoms with van der Waals surface area (Å²) in [7, 11) is 0. The average Bonchev–Trinajstić information content (AvgIpc) is 3.15. The number of fused-ring (bicyclic) bond motifs is 1. The van der Waals surface area contributed by atoms with Crippen molar-refractivity contribution in [2.24, 2.45) is 0 Å². The summed E-state index contributed by atoms with van der Waals surface area (Å²) in [6, 6.07) is 9.64. The van der Waals surface area contributed by atoms with Crippen molar-refractivity contribution in [3.8, 4) is 5.75 Å². The number of nitrogens with zero attached hydrogens (tertiary/aromatic N) is 2. The Morgan fingerprint density at radius 3 is 3.04 bits per heavy atom. The standard InChI is InChI=1S/C21H23N3O4/c1-21(2)11-15(8-10-28-21)23-20(25)16-12-27-18(24-16)13-26-17-7-3-5-14-6-4-9-22-19(14)17/h3-7,9,12,15H,8,10-11,13H2,1-2H3,(H,23,25)/t15-/m0/s1. The van der Waals surface area contributed by atoms with Crippen LogP contribution in [0.5, 0.6) is 5.75 Å². The zero-order chi connectivity index (χ0) is 19.6. The molecule has 1 aliphatic heterocycles. The number of pyridine rings is 1. The summed E-state index contributed by atoms with van der Waals surface area (Å²) >= 11 is 0. The van der Waals surface area contributed by atoms with Crippen molar-refractivity contribution in [1.29, 1.82) is 0 Å². The summed E-state index contributed by atoms with van der Waals surface area (Å²) in [5.41, 5.74) is 0.793. The summed E-state index contributed by atoms with van der Waals surface area (Å²) < 4.78 is 16.9. The molecule has 3 heterocycles. The summed E-state index contributed by atoms with van der Waals surface area (Å²) in [6.07, 6.45) is 4.64. The Morgan fingerprint density at radius 1 is 1.32 bits per heavy atom. The van der Waals surface area contributed by atoms with Crippen LogP contribution in [0.25, 0.3) is 10.9 Å². The van der Waals surface area contributed by atoms with Crippen molar-refractivity contribution in [2.45, 2.75) is 44.9 Å². The molecular formula is C21H23N3O4. The molecule has 1 aromatic carbocycles. The number of hydrogen-bond acceptors (Lipinski definition) is 6. The van der Waals surface area contributed by atoms with Crippen LogP contribution in [0.15, 0.2) is 47.2 Å². The molecule has 1 atom stereocenters. The number of amides is 1. The molecule has 1 fully saturated rings. The molecule has 1 N–H and O–H groups in total. The van der Waals surface area contributed by atoms with Crippen LogP contribution in [0.4, 0.5) is 0 Å². The van der Waals surface area contributed by atoms with Crippen LogP contribution >= 0.6 is 0 Å². The minimum Gasteiger partial charge on any atom is -0.482 e. The predicted octanol–water partition coefficient (Wildman–Crippen LogP) is 3.49. The molecule has 1 saturated heterocycles. The second-order valence-electron chi connectivity index (χ2n) is 7.52. The number of carbonyl (C=O) groups excluding carboxylic acids is 1. The number of benzene rings is 1. The predicted molar refractivity (Wildman–Crippen MR) is 103 cm³/mol. The first-order valence-electron chi connectivity index (χ1n) is 9.36. The second kappa shape index (κ2) is 7.59. The van der Waals surface area contributed by atoms with Crippen molar-refractivity contribution < 1.29 is 18.7 Å². The number of para-hydroxylation sites is 1. The summed E-state index contributed by atoms with van der Waals surface area (Å²) in [5, 5.41) is 4.00. The van der Waals surface area contributed by atoms with E-state index in [1.165, 1.54) is 6.26 Å². The van der Waals surface area contributed by atoms with Crippen molar-refractivity contribution in [3.63, 3.8) is 0 Å². The molecule has 0 radical (unpaired) electrons. The van der Waals surface area contributed by atoms with Crippen LogP contribution in [0.3, 0.4) is 0 Å². The zero-order valence-electron chi connectivity index (χ0n) is 16.0. The molecule has 0 bridgehead atoms. The Labute approximate surface area is 163 Å². The highest BCUT2D eigenvalue weighted by Gasteiger charge is 2.30. The highest BCUT2D eigenvalue weighted by Crippen LogP contribution is 2.25. The summed E-state index contributed by atoms with van der Waals surface area (Å²) in [5.74, 6) is 0.738. The van der Waals surface area contributed by atoms with Gasteiger partial charge in [-0.1, -0.05) is 18.2 Å². The molecule has 7 heteroatoms. The summed E-state index contributed by atoms with van der Waals surface area (Å²) in [6.45, 7) is 4.81. The third-order valence-corrected chi connectivity index (χ3v) is 4.76. The van der Waals surface area contributed by atoms with Crippen LogP contribution in [0, 0.1) is 0 Å². The second-order valence-corrected chi connectivity index (χ2v) is 7.52. The topological polar surface area (TPSA) is 86.5 Å². The molecular weight excluding hydrogens is 358 g/mol. The third kappa shape index (κ3) is 4.14. The lowest BCUT2D eigenvalue weighted by Crippen LogP contribution is -2.45. The van der Waals surface area contributed by atoms with Gasteiger partial charge in [-0.3, -0.25) is 9.78 Å². The van der Waals surface area contributed by atoms with E-state index in [4.69, 9.17) is 13.9 Å². The Hall–Kier alpha value is -2.93. The third-order valence-electron chi connectivity index (χ3n) is 4.76. The maximum Gasteiger partial charge on any atom is 0.273 e. The van der Waals surface area contributed by atoms with E-state index in [-0.39, 0.29) is 29.9 Å². The van der Waals surface area contributed by atoms with Gasteiger partial charge in [0, 0.05) is 24.2 Å². The van der Waals surface area contributed by atoms with Gasteiger partial charge in [0.05, 0.1) is 5.60 Å². The van der Waals surface area contributed by atoms with E-state index in [1.807, 2.05) is 44.2 Å². The Morgan fingerprint density at radius 2 is 2.18 bits per heavy atom. The first kappa shape index (κ1) is 18.4. The molecule has 7 nitrogen and oxygen atoms in total. The molecule has 1 aliphatic rings. The van der Waals surface area contributed by atoms with Crippen LogP contribution < -0.4 is 10.1 Å². The van der Waals surface area contributed by atoms with E-state index in [9.17, 15) is 4.79 Å². The lowest BCUT2D eigenvalue weighted by Gasteiger charge is -2.35. The summed E-state index contributed by atoms with van der Waals surface area (Å²) in [4.78, 5) is 21.1. The molecule has 1 amide bonds. The van der Waals surface area contributed by atoms with E-state index < -0.39 is 0 Å². The normalized spacial score (nSPS) is 18.7. The molecule has 0 spiro atoms. The van der Waals surface area contributed by atoms with E-state index in [1.54, 1.807) is 6.20 Å². The number of carbonyl (C=O) groups is 1. The maximum absolute atomic E-state index is 12.5. The monoisotopic (exact) mass is 381 g/mol. The first-order valence-corrected chi connectivity index (χ1v) is 9.36. The Balaban J connectivity index is 1.38. The lowest BCUT2D eigenvalue weighted by molar-refractivity contribution is -0.0615. The van der Waals surface area contributed by atoms with Gasteiger partial charge in [-0.05, 0) is 38.8 Å². The largest absolute Gasteiger partial charge is 0.482 e. The fourth-order valence-corrected chi connectivity index (χ4v) is 3.43. The van der Waals surface area contributed by atoms with E-state index >= 15 is 0 Å². The van der Waals surface area contributed by atoms with Gasteiger partial charge >= 0.3 is 0 Å². The molecule has 146 valence electrons. The Bertz CT molecular complexity index is 977. The molecule has 3 aromatic rings. The molecule has 28 heavy (non-hydrogen) atoms. The minimum atomic E-state index is -0.246. The number of rotatable bonds is 5. The number of oxazole rings is 1. The molecule has 2 aromatic heterocycles. The van der Waals surface area contributed by atoms with Crippen LogP contribution in [-0.4, -0.2) is 34.1 Å². The smallest absolute Gasteiger partial charge is 0.273 e. The van der Waals surface area contributed by atoms with Crippen LogP contribution in [-0.2, 0) is 11.3 Å². The molecule has 0 unspecified atom stereocenters. The first-order chi connectivity index (χ1) is 13.5.